The second kappa shape index (κ2) is 4.86. The van der Waals surface area contributed by atoms with E-state index in [1.54, 1.807) is 24.3 Å². The molecule has 1 N–H and O–H groups in total. The number of allylic oxidation sites excluding steroid dienone is 1. The molecule has 0 saturated carbocycles. The van der Waals surface area contributed by atoms with E-state index >= 15 is 0 Å². The predicted octanol–water partition coefficient (Wildman–Crippen LogP) is 1.94. The van der Waals surface area contributed by atoms with E-state index < -0.39 is 0 Å². The summed E-state index contributed by atoms with van der Waals surface area (Å²) >= 11 is 1.52. The van der Waals surface area contributed by atoms with E-state index in [2.05, 4.69) is 5.32 Å². The molecule has 1 aliphatic heterocycles. The zero-order valence-corrected chi connectivity index (χ0v) is 9.38. The number of thioether (sulfide) groups is 1. The van der Waals surface area contributed by atoms with Crippen molar-refractivity contribution >= 4 is 17.5 Å². The van der Waals surface area contributed by atoms with Gasteiger partial charge in [0.2, 0.25) is 5.78 Å². The number of nitrogens with one attached hydrogen (secondary N) is 1. The second-order valence-corrected chi connectivity index (χ2v) is 4.39. The van der Waals surface area contributed by atoms with Crippen LogP contribution in [-0.4, -0.2) is 18.1 Å². The number of hydrogen-bond donors (Lipinski definition) is 1. The van der Waals surface area contributed by atoms with Crippen molar-refractivity contribution in [1.29, 1.82) is 5.26 Å². The number of carbonyl (C=O) groups excluding carboxylic acids is 1. The summed E-state index contributed by atoms with van der Waals surface area (Å²) in [6.45, 7) is 0.813. The highest BCUT2D eigenvalue weighted by molar-refractivity contribution is 8.03. The molecule has 1 saturated heterocycles. The maximum absolute atomic E-state index is 12.0. The van der Waals surface area contributed by atoms with E-state index in [1.807, 2.05) is 12.1 Å². The minimum Gasteiger partial charge on any atom is -0.378 e. The van der Waals surface area contributed by atoms with Crippen LogP contribution in [0.25, 0.3) is 0 Å². The molecule has 0 unspecified atom stereocenters. The molecule has 1 aromatic rings. The van der Waals surface area contributed by atoms with Gasteiger partial charge in [0.25, 0.3) is 0 Å². The second-order valence-electron chi connectivity index (χ2n) is 3.29. The molecule has 4 heteroatoms. The summed E-state index contributed by atoms with van der Waals surface area (Å²) in [5, 5.41) is 12.8. The van der Waals surface area contributed by atoms with E-state index in [1.165, 1.54) is 11.8 Å². The van der Waals surface area contributed by atoms with Gasteiger partial charge in [0.1, 0.15) is 11.6 Å². The highest BCUT2D eigenvalue weighted by Crippen LogP contribution is 2.23. The van der Waals surface area contributed by atoms with Gasteiger partial charge < -0.3 is 5.32 Å². The van der Waals surface area contributed by atoms with Crippen LogP contribution in [0, 0.1) is 11.3 Å². The van der Waals surface area contributed by atoms with E-state index in [-0.39, 0.29) is 11.4 Å². The summed E-state index contributed by atoms with van der Waals surface area (Å²) in [6, 6.07) is 10.9. The van der Waals surface area contributed by atoms with Crippen molar-refractivity contribution in [1.82, 2.24) is 5.32 Å². The molecule has 16 heavy (non-hydrogen) atoms. The Morgan fingerprint density at radius 3 is 2.69 bits per heavy atom. The molecule has 0 aromatic heterocycles. The van der Waals surface area contributed by atoms with E-state index in [4.69, 9.17) is 5.26 Å². The minimum atomic E-state index is -0.208. The molecule has 1 heterocycles. The highest BCUT2D eigenvalue weighted by Gasteiger charge is 2.19. The molecular formula is C12H10N2OS. The van der Waals surface area contributed by atoms with Gasteiger partial charge in [-0.25, -0.2) is 0 Å². The monoisotopic (exact) mass is 230 g/mol. The molecule has 0 radical (unpaired) electrons. The third-order valence-corrected chi connectivity index (χ3v) is 3.28. The lowest BCUT2D eigenvalue weighted by Gasteiger charge is -2.02. The number of carbonyl (C=O) groups is 1. The van der Waals surface area contributed by atoms with Gasteiger partial charge in [-0.2, -0.15) is 5.26 Å². The fraction of sp³-hybridized carbons (Fsp3) is 0.167. The minimum absolute atomic E-state index is 0.208. The van der Waals surface area contributed by atoms with Crippen molar-refractivity contribution in [2.75, 3.05) is 12.3 Å². The van der Waals surface area contributed by atoms with Crippen molar-refractivity contribution in [2.24, 2.45) is 0 Å². The molecule has 1 aromatic carbocycles. The Balaban J connectivity index is 2.34. The maximum atomic E-state index is 12.0. The first-order valence-electron chi connectivity index (χ1n) is 4.93. The SMILES string of the molecule is N#C/C(C(=O)c1ccccc1)=C1/NCCS1. The lowest BCUT2D eigenvalue weighted by atomic mass is 10.1. The van der Waals surface area contributed by atoms with Gasteiger partial charge in [0.05, 0.1) is 5.03 Å². The molecule has 0 amide bonds. The van der Waals surface area contributed by atoms with Gasteiger partial charge in [-0.1, -0.05) is 30.3 Å². The van der Waals surface area contributed by atoms with Crippen LogP contribution in [0.3, 0.4) is 0 Å². The first kappa shape index (κ1) is 10.8. The molecule has 80 valence electrons. The summed E-state index contributed by atoms with van der Waals surface area (Å²) in [5.41, 5.74) is 0.773. The first-order chi connectivity index (χ1) is 7.83. The Kier molecular flexibility index (Phi) is 3.28. The average Bonchev–Trinajstić information content (AvgIpc) is 2.85. The number of benzene rings is 1. The number of nitriles is 1. The Morgan fingerprint density at radius 1 is 1.38 bits per heavy atom. The molecule has 1 fully saturated rings. The van der Waals surface area contributed by atoms with E-state index in [0.717, 1.165) is 12.3 Å². The van der Waals surface area contributed by atoms with Gasteiger partial charge in [-0.05, 0) is 0 Å². The maximum Gasteiger partial charge on any atom is 0.206 e. The number of Topliss-reactive ketones (excluding diaryl/α,β-unsaturated/α-hetero) is 1. The Bertz CT molecular complexity index is 466. The van der Waals surface area contributed by atoms with Crippen LogP contribution in [0.1, 0.15) is 10.4 Å². The first-order valence-corrected chi connectivity index (χ1v) is 5.92. The van der Waals surface area contributed by atoms with Crippen molar-refractivity contribution in [3.05, 3.63) is 46.5 Å². The van der Waals surface area contributed by atoms with Crippen molar-refractivity contribution in [3.63, 3.8) is 0 Å². The summed E-state index contributed by atoms with van der Waals surface area (Å²) < 4.78 is 0. The van der Waals surface area contributed by atoms with Crippen LogP contribution in [0.5, 0.6) is 0 Å². The topological polar surface area (TPSA) is 52.9 Å². The summed E-state index contributed by atoms with van der Waals surface area (Å²) in [7, 11) is 0. The Labute approximate surface area is 98.2 Å². The molecule has 2 rings (SSSR count). The van der Waals surface area contributed by atoms with Crippen molar-refractivity contribution in [2.45, 2.75) is 0 Å². The van der Waals surface area contributed by atoms with Crippen molar-refractivity contribution < 1.29 is 4.79 Å². The third-order valence-electron chi connectivity index (χ3n) is 2.24. The van der Waals surface area contributed by atoms with Crippen LogP contribution in [0.15, 0.2) is 40.9 Å². The molecule has 1 aliphatic rings. The zero-order valence-electron chi connectivity index (χ0n) is 8.56. The number of hydrogen-bond acceptors (Lipinski definition) is 4. The Hall–Kier alpha value is -1.73. The van der Waals surface area contributed by atoms with Crippen LogP contribution in [0.4, 0.5) is 0 Å². The lowest BCUT2D eigenvalue weighted by Crippen LogP contribution is -2.11. The van der Waals surface area contributed by atoms with Crippen LogP contribution < -0.4 is 5.32 Å². The normalized spacial score (nSPS) is 17.4. The molecular weight excluding hydrogens is 220 g/mol. The largest absolute Gasteiger partial charge is 0.378 e. The van der Waals surface area contributed by atoms with Gasteiger partial charge in [-0.15, -0.1) is 11.8 Å². The fourth-order valence-corrected chi connectivity index (χ4v) is 2.36. The Morgan fingerprint density at radius 2 is 2.12 bits per heavy atom. The third kappa shape index (κ3) is 2.10. The summed E-state index contributed by atoms with van der Waals surface area (Å²) in [5.74, 6) is 0.697. The zero-order chi connectivity index (χ0) is 11.4. The molecule has 0 bridgehead atoms. The molecule has 0 atom stereocenters. The van der Waals surface area contributed by atoms with E-state index in [0.29, 0.717) is 10.6 Å². The van der Waals surface area contributed by atoms with Gasteiger partial charge >= 0.3 is 0 Å². The smallest absolute Gasteiger partial charge is 0.206 e. The van der Waals surface area contributed by atoms with E-state index in [9.17, 15) is 4.79 Å². The predicted molar refractivity (Wildman–Crippen MR) is 63.9 cm³/mol. The average molecular weight is 230 g/mol. The van der Waals surface area contributed by atoms with Crippen LogP contribution >= 0.6 is 11.8 Å². The standard InChI is InChI=1S/C12H10N2OS/c13-8-10(12-14-6-7-16-12)11(15)9-4-2-1-3-5-9/h1-5,14H,6-7H2/b12-10+. The molecule has 0 aliphatic carbocycles. The number of nitrogens with zero attached hydrogens (tertiary/aromatic N) is 1. The van der Waals surface area contributed by atoms with Gasteiger partial charge in [-0.3, -0.25) is 4.79 Å². The van der Waals surface area contributed by atoms with Crippen LogP contribution in [-0.2, 0) is 0 Å². The van der Waals surface area contributed by atoms with Crippen molar-refractivity contribution in [3.8, 4) is 6.07 Å². The summed E-state index contributed by atoms with van der Waals surface area (Å²) in [6.07, 6.45) is 0. The highest BCUT2D eigenvalue weighted by atomic mass is 32.2. The quantitative estimate of drug-likeness (QED) is 0.479. The van der Waals surface area contributed by atoms with Gasteiger partial charge in [0, 0.05) is 17.9 Å². The fourth-order valence-electron chi connectivity index (χ4n) is 1.47. The van der Waals surface area contributed by atoms with Crippen LogP contribution in [0.2, 0.25) is 0 Å². The lowest BCUT2D eigenvalue weighted by molar-refractivity contribution is 0.103. The van der Waals surface area contributed by atoms with Gasteiger partial charge in [0.15, 0.2) is 0 Å². The summed E-state index contributed by atoms with van der Waals surface area (Å²) in [4.78, 5) is 12.0. The molecule has 0 spiro atoms. The number of rotatable bonds is 2. The number of ketones is 1. The molecule has 3 nitrogen and oxygen atoms in total.